The number of morpholine rings is 1. The molecule has 1 aliphatic heterocycles. The van der Waals surface area contributed by atoms with E-state index in [0.29, 0.717) is 37.6 Å². The monoisotopic (exact) mass is 485 g/mol. The van der Waals surface area contributed by atoms with Gasteiger partial charge in [-0.15, -0.1) is 0 Å². The Bertz CT molecular complexity index is 1250. The smallest absolute Gasteiger partial charge is 0.262 e. The molecule has 0 radical (unpaired) electrons. The van der Waals surface area contributed by atoms with E-state index in [1.54, 1.807) is 10.8 Å². The van der Waals surface area contributed by atoms with Gasteiger partial charge in [-0.1, -0.05) is 18.2 Å². The fourth-order valence-corrected chi connectivity index (χ4v) is 4.10. The average molecular weight is 486 g/mol. The zero-order valence-corrected chi connectivity index (χ0v) is 20.7. The van der Waals surface area contributed by atoms with Crippen molar-refractivity contribution in [2.45, 2.75) is 13.8 Å². The van der Waals surface area contributed by atoms with Crippen molar-refractivity contribution in [1.29, 1.82) is 5.26 Å². The maximum absolute atomic E-state index is 12.8. The van der Waals surface area contributed by atoms with Crippen LogP contribution in [0.25, 0.3) is 23.0 Å². The maximum Gasteiger partial charge on any atom is 0.262 e. The Morgan fingerprint density at radius 1 is 1.22 bits per heavy atom. The number of nitrogens with zero attached hydrogens (tertiary/aromatic N) is 4. The molecule has 0 bridgehead atoms. The molecule has 1 N–H and O–H groups in total. The van der Waals surface area contributed by atoms with Crippen LogP contribution in [0, 0.1) is 18.3 Å². The van der Waals surface area contributed by atoms with Crippen molar-refractivity contribution in [2.75, 3.05) is 46.0 Å². The Morgan fingerprint density at radius 2 is 2.00 bits per heavy atom. The number of hydrogen-bond donors (Lipinski definition) is 1. The summed E-state index contributed by atoms with van der Waals surface area (Å²) >= 11 is 0. The third-order valence-corrected chi connectivity index (χ3v) is 5.99. The highest BCUT2D eigenvalue weighted by molar-refractivity contribution is 6.02. The van der Waals surface area contributed by atoms with Crippen LogP contribution in [0.5, 0.6) is 5.75 Å². The summed E-state index contributed by atoms with van der Waals surface area (Å²) in [6, 6.07) is 17.7. The Hall–Kier alpha value is -3.93. The number of nitrogens with one attached hydrogen (secondary N) is 1. The number of carbonyl (C=O) groups is 1. The first-order valence-corrected chi connectivity index (χ1v) is 12.2. The molecule has 2 aromatic carbocycles. The summed E-state index contributed by atoms with van der Waals surface area (Å²) in [6.07, 6.45) is 3.45. The van der Waals surface area contributed by atoms with E-state index in [2.05, 4.69) is 16.3 Å². The summed E-state index contributed by atoms with van der Waals surface area (Å²) in [5, 5.41) is 17.5. The molecule has 4 rings (SSSR count). The highest BCUT2D eigenvalue weighted by Crippen LogP contribution is 2.30. The van der Waals surface area contributed by atoms with Crippen LogP contribution in [-0.2, 0) is 9.53 Å². The Balaban J connectivity index is 1.61. The van der Waals surface area contributed by atoms with E-state index in [1.807, 2.05) is 68.6 Å². The van der Waals surface area contributed by atoms with Crippen molar-refractivity contribution in [3.05, 3.63) is 71.4 Å². The van der Waals surface area contributed by atoms with Crippen molar-refractivity contribution in [1.82, 2.24) is 20.0 Å². The number of para-hydroxylation sites is 1. The second-order valence-corrected chi connectivity index (χ2v) is 8.51. The number of rotatable bonds is 9. The lowest BCUT2D eigenvalue weighted by Crippen LogP contribution is -2.41. The van der Waals surface area contributed by atoms with Gasteiger partial charge in [0, 0.05) is 43.5 Å². The van der Waals surface area contributed by atoms with Crippen molar-refractivity contribution in [2.24, 2.45) is 0 Å². The fourth-order valence-electron chi connectivity index (χ4n) is 4.10. The van der Waals surface area contributed by atoms with Gasteiger partial charge in [0.05, 0.1) is 25.5 Å². The van der Waals surface area contributed by atoms with Gasteiger partial charge >= 0.3 is 0 Å². The van der Waals surface area contributed by atoms with Gasteiger partial charge in [0.1, 0.15) is 23.1 Å². The van der Waals surface area contributed by atoms with E-state index in [0.717, 1.165) is 42.2 Å². The minimum absolute atomic E-state index is 0.0356. The maximum atomic E-state index is 12.8. The van der Waals surface area contributed by atoms with Gasteiger partial charge in [-0.3, -0.25) is 9.69 Å². The van der Waals surface area contributed by atoms with Gasteiger partial charge in [-0.05, 0) is 55.8 Å². The van der Waals surface area contributed by atoms with Gasteiger partial charge in [0.15, 0.2) is 0 Å². The summed E-state index contributed by atoms with van der Waals surface area (Å²) in [7, 11) is 0. The number of ether oxygens (including phenoxy) is 2. The zero-order chi connectivity index (χ0) is 25.3. The Morgan fingerprint density at radius 3 is 2.69 bits per heavy atom. The molecule has 0 saturated carbocycles. The molecule has 36 heavy (non-hydrogen) atoms. The van der Waals surface area contributed by atoms with E-state index in [4.69, 9.17) is 14.6 Å². The van der Waals surface area contributed by atoms with E-state index < -0.39 is 5.91 Å². The van der Waals surface area contributed by atoms with Crippen molar-refractivity contribution in [3.8, 4) is 28.8 Å². The molecule has 0 atom stereocenters. The van der Waals surface area contributed by atoms with Crippen LogP contribution in [0.3, 0.4) is 0 Å². The van der Waals surface area contributed by atoms with Crippen molar-refractivity contribution in [3.63, 3.8) is 0 Å². The summed E-state index contributed by atoms with van der Waals surface area (Å²) in [5.41, 5.74) is 4.14. The van der Waals surface area contributed by atoms with E-state index in [-0.39, 0.29) is 5.57 Å². The van der Waals surface area contributed by atoms with Crippen LogP contribution >= 0.6 is 0 Å². The Labute approximate surface area is 211 Å². The van der Waals surface area contributed by atoms with Crippen molar-refractivity contribution >= 4 is 12.0 Å². The molecule has 0 aliphatic carbocycles. The molecule has 1 fully saturated rings. The third-order valence-electron chi connectivity index (χ3n) is 5.99. The second kappa shape index (κ2) is 12.2. The fraction of sp³-hybridized carbons (Fsp3) is 0.321. The molecule has 1 aromatic heterocycles. The van der Waals surface area contributed by atoms with Gasteiger partial charge in [-0.25, -0.2) is 4.68 Å². The second-order valence-electron chi connectivity index (χ2n) is 8.51. The summed E-state index contributed by atoms with van der Waals surface area (Å²) in [5.74, 6) is 0.422. The predicted octanol–water partition coefficient (Wildman–Crippen LogP) is 3.60. The summed E-state index contributed by atoms with van der Waals surface area (Å²) in [6.45, 7) is 8.81. The van der Waals surface area contributed by atoms with E-state index >= 15 is 0 Å². The lowest BCUT2D eigenvalue weighted by atomic mass is 10.0. The first kappa shape index (κ1) is 25.2. The third kappa shape index (κ3) is 6.19. The van der Waals surface area contributed by atoms with Crippen LogP contribution in [0.4, 0.5) is 0 Å². The molecule has 1 aliphatic rings. The van der Waals surface area contributed by atoms with Crippen LogP contribution in [0.1, 0.15) is 18.1 Å². The Kier molecular flexibility index (Phi) is 8.50. The number of hydrogen-bond acceptors (Lipinski definition) is 6. The number of nitriles is 1. The molecular weight excluding hydrogens is 454 g/mol. The number of amides is 1. The number of aromatic nitrogens is 2. The largest absolute Gasteiger partial charge is 0.494 e. The number of carbonyl (C=O) groups excluding carboxylic acids is 1. The molecule has 2 heterocycles. The molecule has 186 valence electrons. The zero-order valence-electron chi connectivity index (χ0n) is 20.7. The quantitative estimate of drug-likeness (QED) is 0.368. The van der Waals surface area contributed by atoms with E-state index in [1.165, 1.54) is 0 Å². The van der Waals surface area contributed by atoms with Crippen LogP contribution in [0.2, 0.25) is 0 Å². The molecule has 0 unspecified atom stereocenters. The minimum atomic E-state index is -0.396. The first-order valence-electron chi connectivity index (χ1n) is 12.2. The first-order chi connectivity index (χ1) is 17.6. The average Bonchev–Trinajstić information content (AvgIpc) is 3.33. The highest BCUT2D eigenvalue weighted by atomic mass is 16.5. The topological polar surface area (TPSA) is 92.4 Å². The van der Waals surface area contributed by atoms with E-state index in [9.17, 15) is 10.1 Å². The van der Waals surface area contributed by atoms with Gasteiger partial charge in [0.2, 0.25) is 0 Å². The lowest BCUT2D eigenvalue weighted by molar-refractivity contribution is -0.117. The van der Waals surface area contributed by atoms with Gasteiger partial charge in [0.25, 0.3) is 5.91 Å². The summed E-state index contributed by atoms with van der Waals surface area (Å²) in [4.78, 5) is 15.1. The molecular formula is C28H31N5O3. The highest BCUT2D eigenvalue weighted by Gasteiger charge is 2.17. The lowest BCUT2D eigenvalue weighted by Gasteiger charge is -2.26. The molecule has 8 heteroatoms. The normalized spacial score (nSPS) is 14.3. The number of benzene rings is 2. The van der Waals surface area contributed by atoms with Crippen LogP contribution in [0.15, 0.2) is 60.3 Å². The molecule has 1 saturated heterocycles. The van der Waals surface area contributed by atoms with Gasteiger partial charge < -0.3 is 14.8 Å². The minimum Gasteiger partial charge on any atom is -0.494 e. The molecule has 3 aromatic rings. The van der Waals surface area contributed by atoms with Gasteiger partial charge in [-0.2, -0.15) is 10.4 Å². The molecule has 0 spiro atoms. The predicted molar refractivity (Wildman–Crippen MR) is 139 cm³/mol. The van der Waals surface area contributed by atoms with Crippen LogP contribution < -0.4 is 10.1 Å². The molecule has 1 amide bonds. The molecule has 8 nitrogen and oxygen atoms in total. The van der Waals surface area contributed by atoms with Crippen LogP contribution in [-0.4, -0.2) is 66.6 Å². The number of aryl methyl sites for hydroxylation is 1. The van der Waals surface area contributed by atoms with Crippen molar-refractivity contribution < 1.29 is 14.3 Å². The summed E-state index contributed by atoms with van der Waals surface area (Å²) < 4.78 is 12.8. The standard InChI is InChI=1S/C28H31N5O3/c1-3-36-26-10-9-22(17-21(26)2)27-24(20-33(31-27)25-7-5-4-6-8-25)18-23(19-29)28(34)30-11-12-32-13-15-35-16-14-32/h4-10,17-18,20H,3,11-16H2,1-2H3,(H,30,34)/b23-18+. The SMILES string of the molecule is CCOc1ccc(-c2nn(-c3ccccc3)cc2/C=C(\C#N)C(=O)NCCN2CCOCC2)cc1C.